The molecule has 6 aromatic rings. The summed E-state index contributed by atoms with van der Waals surface area (Å²) in [5, 5.41) is 2.10. The third-order valence-corrected chi connectivity index (χ3v) is 11.8. The fraction of sp³-hybridized carbons (Fsp3) is 0.256. The second-order valence-electron chi connectivity index (χ2n) is 15.0. The number of pyridine rings is 2. The van der Waals surface area contributed by atoms with Crippen molar-refractivity contribution in [2.75, 3.05) is 0 Å². The number of aromatic nitrogens is 2. The number of ether oxygens (including phenoxy) is 1. The Morgan fingerprint density at radius 3 is 2.08 bits per heavy atom. The van der Waals surface area contributed by atoms with Crippen LogP contribution in [0.5, 0.6) is 11.5 Å². The Bertz CT molecular complexity index is 2280. The molecule has 4 aromatic carbocycles. The van der Waals surface area contributed by atoms with Crippen LogP contribution in [0.3, 0.4) is 0 Å². The van der Waals surface area contributed by atoms with Gasteiger partial charge >= 0.3 is 267 Å². The number of fused-ring (bicyclic) bond motifs is 2. The Morgan fingerprint density at radius 1 is 0.700 bits per heavy atom. The molecule has 254 valence electrons. The zero-order valence-electron chi connectivity index (χ0n) is 29.3. The number of halogens is 3. The van der Waals surface area contributed by atoms with Crippen LogP contribution in [0.2, 0.25) is 0 Å². The first kappa shape index (κ1) is 34.0. The van der Waals surface area contributed by atoms with Gasteiger partial charge in [-0.15, -0.1) is 0 Å². The maximum atomic E-state index is 13.9. The molecule has 0 N–H and O–H groups in total. The molecule has 0 amide bonds. The van der Waals surface area contributed by atoms with E-state index in [1.54, 1.807) is 0 Å². The molecule has 0 saturated heterocycles. The third kappa shape index (κ3) is 6.57. The predicted octanol–water partition coefficient (Wildman–Crippen LogP) is 10.4. The number of nitrogens with zero attached hydrogens (tertiary/aromatic N) is 2. The van der Waals surface area contributed by atoms with Crippen LogP contribution in [0.15, 0.2) is 97.3 Å². The summed E-state index contributed by atoms with van der Waals surface area (Å²) in [5.41, 5.74) is 8.11. The van der Waals surface area contributed by atoms with Crippen molar-refractivity contribution in [3.05, 3.63) is 120 Å². The number of hydrogen-bond acceptors (Lipinski definition) is 3. The van der Waals surface area contributed by atoms with Gasteiger partial charge in [-0.05, 0) is 11.5 Å². The first-order valence-corrected chi connectivity index (χ1v) is 18.5. The molecule has 1 aliphatic heterocycles. The van der Waals surface area contributed by atoms with Gasteiger partial charge in [-0.1, -0.05) is 20.8 Å². The number of hydrogen-bond donors (Lipinski definition) is 0. The molecule has 7 rings (SSSR count). The molecule has 2 aromatic heterocycles. The van der Waals surface area contributed by atoms with Gasteiger partial charge in [0.15, 0.2) is 0 Å². The van der Waals surface area contributed by atoms with E-state index < -0.39 is 11.6 Å². The fourth-order valence-electron chi connectivity index (χ4n) is 6.63. The van der Waals surface area contributed by atoms with Gasteiger partial charge in [-0.3, -0.25) is 0 Å². The number of alkyl halides is 3. The van der Waals surface area contributed by atoms with Crippen LogP contribution in [-0.2, 0) is 11.8 Å². The van der Waals surface area contributed by atoms with Crippen molar-refractivity contribution in [3.63, 3.8) is 0 Å². The topological polar surface area (TPSA) is 35.0 Å². The zero-order chi connectivity index (χ0) is 35.6. The summed E-state index contributed by atoms with van der Waals surface area (Å²) >= 11 is -0.186. The van der Waals surface area contributed by atoms with Crippen molar-refractivity contribution in [1.29, 1.82) is 0 Å². The van der Waals surface area contributed by atoms with E-state index in [1.165, 1.54) is 19.4 Å². The third-order valence-electron chi connectivity index (χ3n) is 9.35. The number of aryl methyl sites for hydroxylation is 2. The van der Waals surface area contributed by atoms with Crippen LogP contribution in [0.1, 0.15) is 56.9 Å². The predicted molar refractivity (Wildman–Crippen MR) is 199 cm³/mol. The zero-order valence-corrected chi connectivity index (χ0v) is 31.0. The molecule has 0 unspecified atom stereocenters. The second-order valence-corrected chi connectivity index (χ2v) is 17.3. The van der Waals surface area contributed by atoms with Gasteiger partial charge in [0.1, 0.15) is 0 Å². The van der Waals surface area contributed by atoms with Gasteiger partial charge in [0.05, 0.1) is 0 Å². The Morgan fingerprint density at radius 2 is 1.38 bits per heavy atom. The molecule has 3 nitrogen and oxygen atoms in total. The second kappa shape index (κ2) is 12.4. The average Bonchev–Trinajstić information content (AvgIpc) is 3.03. The van der Waals surface area contributed by atoms with Gasteiger partial charge in [-0.25, -0.2) is 0 Å². The van der Waals surface area contributed by atoms with E-state index in [0.717, 1.165) is 70.2 Å². The van der Waals surface area contributed by atoms with Crippen LogP contribution in [-0.4, -0.2) is 31.1 Å². The molecule has 3 heterocycles. The van der Waals surface area contributed by atoms with E-state index in [-0.39, 0.29) is 26.8 Å². The molecule has 0 atom stereocenters. The van der Waals surface area contributed by atoms with Crippen LogP contribution in [0.4, 0.5) is 13.2 Å². The van der Waals surface area contributed by atoms with Crippen molar-refractivity contribution < 1.29 is 17.9 Å². The average molecular weight is 736 g/mol. The Kier molecular flexibility index (Phi) is 8.44. The molecule has 0 fully saturated rings. The van der Waals surface area contributed by atoms with Gasteiger partial charge in [0.2, 0.25) is 0 Å². The molecule has 0 bridgehead atoms. The Labute approximate surface area is 298 Å². The fourth-order valence-corrected chi connectivity index (χ4v) is 9.39. The summed E-state index contributed by atoms with van der Waals surface area (Å²) in [7, 11) is 0. The summed E-state index contributed by atoms with van der Waals surface area (Å²) < 4.78 is 50.4. The molecule has 0 aliphatic carbocycles. The molecule has 0 spiro atoms. The van der Waals surface area contributed by atoms with Gasteiger partial charge in [0, 0.05) is 0 Å². The monoisotopic (exact) mass is 736 g/mol. The van der Waals surface area contributed by atoms with Crippen molar-refractivity contribution in [2.24, 2.45) is 5.41 Å². The Balaban J connectivity index is 1.26. The molecular formula is C43H39F3N2OSe. The van der Waals surface area contributed by atoms with E-state index in [2.05, 4.69) is 69.1 Å². The van der Waals surface area contributed by atoms with E-state index in [4.69, 9.17) is 9.72 Å². The Hall–Kier alpha value is -4.45. The van der Waals surface area contributed by atoms with Crippen LogP contribution < -0.4 is 13.7 Å². The first-order chi connectivity index (χ1) is 23.6. The normalized spacial score (nSPS) is 13.0. The van der Waals surface area contributed by atoms with Gasteiger partial charge < -0.3 is 0 Å². The molecule has 0 saturated carbocycles. The van der Waals surface area contributed by atoms with Crippen LogP contribution in [0, 0.1) is 19.3 Å². The SMILES string of the molecule is Cc1cc(Oc2cc(C)cc(-c3nccc4c3[Se]c3cc(CC(C)(C)C(F)(F)F)cc5cccc-4c35)c2)cc(-c2cc(C(C)(C)C)ccn2)c1. The van der Waals surface area contributed by atoms with E-state index >= 15 is 0 Å². The minimum absolute atomic E-state index is 0.00563. The van der Waals surface area contributed by atoms with Crippen molar-refractivity contribution >= 4 is 34.7 Å². The van der Waals surface area contributed by atoms with E-state index in [1.807, 2.05) is 67.8 Å². The summed E-state index contributed by atoms with van der Waals surface area (Å²) in [5.74, 6) is 1.43. The standard InChI is InChI=1S/C43H39F3N2OSe/c1-25-15-29(36-23-31(11-13-47-36)41(3,4)5)21-32(17-25)49-33-18-26(2)16-30(22-33)39-40-35(12-14-48-39)34-10-8-9-28-19-27(20-37(50-40)38(28)34)24-42(6,7)43(44,45)46/h8-23H,24H2,1-7H3. The number of rotatable bonds is 6. The van der Waals surface area contributed by atoms with E-state index in [0.29, 0.717) is 11.3 Å². The molecule has 7 heteroatoms. The summed E-state index contributed by atoms with van der Waals surface area (Å²) in [6.45, 7) is 13.2. The maximum absolute atomic E-state index is 13.9. The van der Waals surface area contributed by atoms with Crippen molar-refractivity contribution in [1.82, 2.24) is 9.97 Å². The molecular weight excluding hydrogens is 696 g/mol. The quantitative estimate of drug-likeness (QED) is 0.160. The summed E-state index contributed by atoms with van der Waals surface area (Å²) in [4.78, 5) is 9.57. The van der Waals surface area contributed by atoms with E-state index in [9.17, 15) is 13.2 Å². The van der Waals surface area contributed by atoms with Gasteiger partial charge in [-0.2, -0.15) is 0 Å². The minimum atomic E-state index is -4.30. The first-order valence-electron chi connectivity index (χ1n) is 16.7. The van der Waals surface area contributed by atoms with Crippen molar-refractivity contribution in [2.45, 2.75) is 66.5 Å². The number of benzene rings is 4. The van der Waals surface area contributed by atoms with Crippen LogP contribution >= 0.6 is 0 Å². The van der Waals surface area contributed by atoms with Crippen molar-refractivity contribution in [3.8, 4) is 45.1 Å². The molecule has 0 radical (unpaired) electrons. The molecule has 1 aliphatic rings. The summed E-state index contributed by atoms with van der Waals surface area (Å²) in [6.07, 6.45) is -0.661. The van der Waals surface area contributed by atoms with Crippen LogP contribution in [0.25, 0.3) is 44.4 Å². The molecule has 50 heavy (non-hydrogen) atoms. The summed E-state index contributed by atoms with van der Waals surface area (Å²) in [6, 6.07) is 28.7. The van der Waals surface area contributed by atoms with Gasteiger partial charge in [0.25, 0.3) is 0 Å².